The lowest BCUT2D eigenvalue weighted by atomic mass is 10.1. The predicted molar refractivity (Wildman–Crippen MR) is 96.3 cm³/mol. The maximum Gasteiger partial charge on any atom is 0.263 e. The van der Waals surface area contributed by atoms with E-state index in [1.807, 2.05) is 13.8 Å². The van der Waals surface area contributed by atoms with Crippen molar-refractivity contribution in [3.63, 3.8) is 0 Å². The fourth-order valence-electron chi connectivity index (χ4n) is 1.91. The zero-order valence-electron chi connectivity index (χ0n) is 11.2. The van der Waals surface area contributed by atoms with Gasteiger partial charge in [-0.05, 0) is 71.2 Å². The van der Waals surface area contributed by atoms with Gasteiger partial charge in [-0.1, -0.05) is 31.9 Å². The average molecular weight is 498 g/mol. The molecule has 0 bridgehead atoms. The van der Waals surface area contributed by atoms with Gasteiger partial charge in [0.05, 0.1) is 0 Å². The maximum absolute atomic E-state index is 12.5. The fraction of sp³-hybridized carbons (Fsp3) is 0.143. The zero-order valence-corrected chi connectivity index (χ0v) is 16.8. The first kappa shape index (κ1) is 17.0. The van der Waals surface area contributed by atoms with Gasteiger partial charge in [-0.25, -0.2) is 8.42 Å². The van der Waals surface area contributed by atoms with Gasteiger partial charge in [-0.2, -0.15) is 0 Å². The smallest absolute Gasteiger partial charge is 0.263 e. The molecule has 0 saturated heterocycles. The molecule has 0 aromatic heterocycles. The van der Waals surface area contributed by atoms with Gasteiger partial charge < -0.3 is 0 Å². The monoisotopic (exact) mass is 495 g/mol. The minimum Gasteiger partial charge on any atom is -0.280 e. The van der Waals surface area contributed by atoms with Gasteiger partial charge in [-0.3, -0.25) is 4.72 Å². The summed E-state index contributed by atoms with van der Waals surface area (Å²) in [5, 5.41) is 0. The summed E-state index contributed by atoms with van der Waals surface area (Å²) in [5.74, 6) is 0. The van der Waals surface area contributed by atoms with E-state index in [2.05, 4.69) is 52.5 Å². The lowest BCUT2D eigenvalue weighted by Gasteiger charge is -2.12. The molecular formula is C14H12Br3NO2S. The molecule has 2 rings (SSSR count). The van der Waals surface area contributed by atoms with E-state index >= 15 is 0 Å². The molecule has 0 spiro atoms. The number of nitrogens with one attached hydrogen (secondary N) is 1. The highest BCUT2D eigenvalue weighted by Crippen LogP contribution is 2.29. The van der Waals surface area contributed by atoms with Gasteiger partial charge in [0.2, 0.25) is 0 Å². The van der Waals surface area contributed by atoms with E-state index in [4.69, 9.17) is 0 Å². The van der Waals surface area contributed by atoms with Crippen molar-refractivity contribution in [1.29, 1.82) is 0 Å². The summed E-state index contributed by atoms with van der Waals surface area (Å²) in [6, 6.07) is 8.53. The third-order valence-electron chi connectivity index (χ3n) is 2.87. The molecule has 0 unspecified atom stereocenters. The molecule has 0 aliphatic heterocycles. The van der Waals surface area contributed by atoms with Crippen molar-refractivity contribution < 1.29 is 8.42 Å². The van der Waals surface area contributed by atoms with Crippen LogP contribution in [0.4, 0.5) is 5.69 Å². The molecule has 0 atom stereocenters. The van der Waals surface area contributed by atoms with E-state index in [0.717, 1.165) is 20.1 Å². The molecule has 2 aromatic carbocycles. The molecule has 0 heterocycles. The van der Waals surface area contributed by atoms with Crippen LogP contribution >= 0.6 is 47.8 Å². The summed E-state index contributed by atoms with van der Waals surface area (Å²) in [6.07, 6.45) is 0. The normalized spacial score (nSPS) is 11.5. The number of hydrogen-bond acceptors (Lipinski definition) is 2. The highest BCUT2D eigenvalue weighted by Gasteiger charge is 2.18. The Morgan fingerprint density at radius 2 is 1.52 bits per heavy atom. The Morgan fingerprint density at radius 1 is 0.952 bits per heavy atom. The summed E-state index contributed by atoms with van der Waals surface area (Å²) in [5.41, 5.74) is 2.49. The SMILES string of the molecule is Cc1cc(NS(=O)(=O)c2ccc(Br)cc2Br)cc(C)c1Br. The van der Waals surface area contributed by atoms with Crippen molar-refractivity contribution >= 4 is 63.5 Å². The number of sulfonamides is 1. The van der Waals surface area contributed by atoms with Crippen LogP contribution in [0.15, 0.2) is 48.6 Å². The molecule has 0 fully saturated rings. The second kappa shape index (κ2) is 6.40. The number of anilines is 1. The number of aryl methyl sites for hydroxylation is 2. The Bertz CT molecular complexity index is 781. The Labute approximate surface area is 149 Å². The molecule has 112 valence electrons. The van der Waals surface area contributed by atoms with Crippen molar-refractivity contribution in [1.82, 2.24) is 0 Å². The van der Waals surface area contributed by atoms with Crippen LogP contribution in [0.1, 0.15) is 11.1 Å². The van der Waals surface area contributed by atoms with E-state index in [1.54, 1.807) is 30.3 Å². The van der Waals surface area contributed by atoms with Crippen molar-refractivity contribution in [3.05, 3.63) is 54.9 Å². The molecule has 0 amide bonds. The standard InChI is InChI=1S/C14H12Br3NO2S/c1-8-5-11(6-9(2)14(8)17)18-21(19,20)13-4-3-10(15)7-12(13)16/h3-7,18H,1-2H3. The molecule has 0 aliphatic rings. The number of benzene rings is 2. The minimum absolute atomic E-state index is 0.198. The Morgan fingerprint density at radius 3 is 2.05 bits per heavy atom. The molecule has 2 aromatic rings. The zero-order chi connectivity index (χ0) is 15.8. The summed E-state index contributed by atoms with van der Waals surface area (Å²) >= 11 is 10.1. The van der Waals surface area contributed by atoms with E-state index < -0.39 is 10.0 Å². The third kappa shape index (κ3) is 3.88. The second-order valence-electron chi connectivity index (χ2n) is 4.60. The van der Waals surface area contributed by atoms with Crippen LogP contribution in [0.2, 0.25) is 0 Å². The maximum atomic E-state index is 12.5. The molecule has 0 radical (unpaired) electrons. The van der Waals surface area contributed by atoms with Crippen molar-refractivity contribution in [3.8, 4) is 0 Å². The molecule has 21 heavy (non-hydrogen) atoms. The van der Waals surface area contributed by atoms with Crippen LogP contribution in [0, 0.1) is 13.8 Å². The third-order valence-corrected chi connectivity index (χ3v) is 6.97. The fourth-order valence-corrected chi connectivity index (χ4v) is 4.92. The molecule has 3 nitrogen and oxygen atoms in total. The number of halogens is 3. The first-order valence-corrected chi connectivity index (χ1v) is 9.81. The summed E-state index contributed by atoms with van der Waals surface area (Å²) in [7, 11) is -3.64. The summed E-state index contributed by atoms with van der Waals surface area (Å²) in [6.45, 7) is 3.84. The quantitative estimate of drug-likeness (QED) is 0.618. The average Bonchev–Trinajstić information content (AvgIpc) is 2.34. The Hall–Kier alpha value is -0.370. The van der Waals surface area contributed by atoms with E-state index in [-0.39, 0.29) is 4.90 Å². The lowest BCUT2D eigenvalue weighted by Crippen LogP contribution is -2.13. The molecule has 7 heteroatoms. The first-order chi connectivity index (χ1) is 9.70. The highest BCUT2D eigenvalue weighted by molar-refractivity contribution is 9.11. The van der Waals surface area contributed by atoms with Crippen LogP contribution in [0.25, 0.3) is 0 Å². The molecule has 0 saturated carbocycles. The van der Waals surface area contributed by atoms with Crippen molar-refractivity contribution in [2.75, 3.05) is 4.72 Å². The number of hydrogen-bond donors (Lipinski definition) is 1. The topological polar surface area (TPSA) is 46.2 Å². The van der Waals surface area contributed by atoms with Crippen molar-refractivity contribution in [2.24, 2.45) is 0 Å². The van der Waals surface area contributed by atoms with Gasteiger partial charge in [0, 0.05) is 19.1 Å². The molecule has 0 aliphatic carbocycles. The Balaban J connectivity index is 2.42. The second-order valence-corrected chi connectivity index (χ2v) is 8.82. The van der Waals surface area contributed by atoms with Crippen LogP contribution in [-0.2, 0) is 10.0 Å². The minimum atomic E-state index is -3.64. The van der Waals surface area contributed by atoms with Gasteiger partial charge in [0.25, 0.3) is 10.0 Å². The van der Waals surface area contributed by atoms with E-state index in [9.17, 15) is 8.42 Å². The van der Waals surface area contributed by atoms with Crippen molar-refractivity contribution in [2.45, 2.75) is 18.7 Å². The largest absolute Gasteiger partial charge is 0.280 e. The van der Waals surface area contributed by atoms with Crippen LogP contribution < -0.4 is 4.72 Å². The van der Waals surface area contributed by atoms with Gasteiger partial charge in [-0.15, -0.1) is 0 Å². The highest BCUT2D eigenvalue weighted by atomic mass is 79.9. The van der Waals surface area contributed by atoms with Gasteiger partial charge in [0.15, 0.2) is 0 Å². The lowest BCUT2D eigenvalue weighted by molar-refractivity contribution is 0.600. The first-order valence-electron chi connectivity index (χ1n) is 5.95. The van der Waals surface area contributed by atoms with Crippen LogP contribution in [-0.4, -0.2) is 8.42 Å². The molecule has 1 N–H and O–H groups in total. The van der Waals surface area contributed by atoms with Crippen LogP contribution in [0.5, 0.6) is 0 Å². The summed E-state index contributed by atoms with van der Waals surface area (Å²) < 4.78 is 29.9. The van der Waals surface area contributed by atoms with Gasteiger partial charge >= 0.3 is 0 Å². The van der Waals surface area contributed by atoms with Gasteiger partial charge in [0.1, 0.15) is 4.90 Å². The van der Waals surface area contributed by atoms with E-state index in [0.29, 0.717) is 10.2 Å². The molecular weight excluding hydrogens is 486 g/mol. The Kier molecular flexibility index (Phi) is 5.18. The van der Waals surface area contributed by atoms with Crippen LogP contribution in [0.3, 0.4) is 0 Å². The summed E-state index contributed by atoms with van der Waals surface area (Å²) in [4.78, 5) is 0.198. The number of rotatable bonds is 3. The van der Waals surface area contributed by atoms with E-state index in [1.165, 1.54) is 0 Å². The predicted octanol–water partition coefficient (Wildman–Crippen LogP) is 5.39.